The van der Waals surface area contributed by atoms with Gasteiger partial charge in [-0.3, -0.25) is 4.79 Å². The summed E-state index contributed by atoms with van der Waals surface area (Å²) in [7, 11) is 1.63. The molecule has 0 aliphatic heterocycles. The van der Waals surface area contributed by atoms with Crippen molar-refractivity contribution in [3.05, 3.63) is 46.5 Å². The van der Waals surface area contributed by atoms with Crippen LogP contribution in [0.3, 0.4) is 0 Å². The summed E-state index contributed by atoms with van der Waals surface area (Å²) in [6.45, 7) is 8.48. The zero-order chi connectivity index (χ0) is 19.1. The van der Waals surface area contributed by atoms with Crippen LogP contribution in [0.25, 0.3) is 5.70 Å². The Morgan fingerprint density at radius 3 is 2.81 bits per heavy atom. The van der Waals surface area contributed by atoms with Crippen LogP contribution in [0, 0.1) is 5.92 Å². The summed E-state index contributed by atoms with van der Waals surface area (Å²) in [6.07, 6.45) is 8.78. The maximum atomic E-state index is 11.3. The fourth-order valence-electron chi connectivity index (χ4n) is 3.96. The summed E-state index contributed by atoms with van der Waals surface area (Å²) in [5.74, 6) is 1.28. The molecule has 26 heavy (non-hydrogen) atoms. The number of nitrogens with one attached hydrogen (secondary N) is 1. The average molecular weight is 376 g/mol. The number of rotatable bonds is 8. The van der Waals surface area contributed by atoms with Crippen molar-refractivity contribution in [3.63, 3.8) is 0 Å². The van der Waals surface area contributed by atoms with Crippen LogP contribution in [0.1, 0.15) is 57.1 Å². The average Bonchev–Trinajstić information content (AvgIpc) is 2.63. The molecule has 0 bridgehead atoms. The number of allylic oxidation sites excluding steroid dienone is 1. The second-order valence-electron chi connectivity index (χ2n) is 6.97. The molecule has 0 radical (unpaired) electrons. The highest BCUT2D eigenvalue weighted by Crippen LogP contribution is 2.36. The molecule has 1 N–H and O–H groups in total. The van der Waals surface area contributed by atoms with E-state index in [4.69, 9.17) is 16.3 Å². The van der Waals surface area contributed by atoms with Gasteiger partial charge in [-0.25, -0.2) is 0 Å². The normalized spacial score (nSPS) is 20.8. The van der Waals surface area contributed by atoms with Crippen molar-refractivity contribution in [2.75, 3.05) is 7.11 Å². The van der Waals surface area contributed by atoms with Gasteiger partial charge in [-0.05, 0) is 44.1 Å². The third-order valence-corrected chi connectivity index (χ3v) is 5.54. The molecule has 1 unspecified atom stereocenters. The molecular formula is C22H30ClNO2. The Bertz CT molecular complexity index is 681. The van der Waals surface area contributed by atoms with Crippen molar-refractivity contribution in [3.8, 4) is 5.75 Å². The third-order valence-electron chi connectivity index (χ3n) is 5.24. The number of carbonyl (C=O) groups excluding carboxylic acids is 1. The van der Waals surface area contributed by atoms with E-state index in [-0.39, 0.29) is 0 Å². The highest BCUT2D eigenvalue weighted by Gasteiger charge is 2.27. The minimum absolute atomic E-state index is 0.300. The Labute approximate surface area is 162 Å². The Balaban J connectivity index is 2.39. The molecule has 1 aromatic rings. The van der Waals surface area contributed by atoms with Gasteiger partial charge < -0.3 is 10.1 Å². The standard InChI is InChI=1S/C22H30ClNO2/c1-5-7-16-9-8-15(3)14-21(16)24-20(12-13-25)18-10-11-19(23)22(26-4)17(18)6-2/h10-13,16,21,24H,3,5-9,14H2,1-2,4H3/b20-12+/t16?,21-/m0/s1. The first-order valence-corrected chi connectivity index (χ1v) is 9.87. The lowest BCUT2D eigenvalue weighted by atomic mass is 9.79. The number of carbonyl (C=O) groups is 1. The number of benzene rings is 1. The molecule has 1 aliphatic rings. The minimum Gasteiger partial charge on any atom is -0.495 e. The molecule has 1 aromatic carbocycles. The fourth-order valence-corrected chi connectivity index (χ4v) is 4.22. The van der Waals surface area contributed by atoms with Gasteiger partial charge in [0.15, 0.2) is 0 Å². The SMILES string of the molecule is C=C1CCC(CCC)[C@@H](N/C(=C/C=O)c2ccc(Cl)c(OC)c2CC)C1. The number of methoxy groups -OCH3 is 1. The molecule has 4 heteroatoms. The number of hydrogen-bond acceptors (Lipinski definition) is 3. The van der Waals surface area contributed by atoms with Gasteiger partial charge in [-0.1, -0.05) is 50.1 Å². The lowest BCUT2D eigenvalue weighted by Crippen LogP contribution is -2.38. The summed E-state index contributed by atoms with van der Waals surface area (Å²) in [6, 6.07) is 4.10. The first-order valence-electron chi connectivity index (χ1n) is 9.49. The Hall–Kier alpha value is -1.74. The van der Waals surface area contributed by atoms with Gasteiger partial charge >= 0.3 is 0 Å². The van der Waals surface area contributed by atoms with Crippen LogP contribution in [0.4, 0.5) is 0 Å². The fraction of sp³-hybridized carbons (Fsp3) is 0.500. The highest BCUT2D eigenvalue weighted by atomic mass is 35.5. The second-order valence-corrected chi connectivity index (χ2v) is 7.38. The maximum absolute atomic E-state index is 11.3. The molecule has 0 amide bonds. The van der Waals surface area contributed by atoms with Gasteiger partial charge in [0.25, 0.3) is 0 Å². The topological polar surface area (TPSA) is 38.3 Å². The lowest BCUT2D eigenvalue weighted by molar-refractivity contribution is -0.104. The van der Waals surface area contributed by atoms with Crippen LogP contribution in [-0.2, 0) is 11.2 Å². The Morgan fingerprint density at radius 1 is 1.42 bits per heavy atom. The summed E-state index contributed by atoms with van der Waals surface area (Å²) >= 11 is 6.29. The lowest BCUT2D eigenvalue weighted by Gasteiger charge is -2.35. The molecular weight excluding hydrogens is 346 g/mol. The van der Waals surface area contributed by atoms with Crippen LogP contribution in [0.5, 0.6) is 5.75 Å². The van der Waals surface area contributed by atoms with Crippen molar-refractivity contribution >= 4 is 23.6 Å². The number of halogens is 1. The molecule has 0 heterocycles. The zero-order valence-corrected chi connectivity index (χ0v) is 16.9. The van der Waals surface area contributed by atoms with E-state index >= 15 is 0 Å². The van der Waals surface area contributed by atoms with Gasteiger partial charge in [0, 0.05) is 28.9 Å². The summed E-state index contributed by atoms with van der Waals surface area (Å²) < 4.78 is 5.51. The molecule has 1 fully saturated rings. The monoisotopic (exact) mass is 375 g/mol. The zero-order valence-electron chi connectivity index (χ0n) is 16.1. The summed E-state index contributed by atoms with van der Waals surface area (Å²) in [5.41, 5.74) is 4.12. The number of hydrogen-bond donors (Lipinski definition) is 1. The van der Waals surface area contributed by atoms with Crippen LogP contribution in [-0.4, -0.2) is 19.4 Å². The van der Waals surface area contributed by atoms with E-state index in [1.54, 1.807) is 13.2 Å². The van der Waals surface area contributed by atoms with Crippen molar-refractivity contribution in [2.45, 2.75) is 58.4 Å². The van der Waals surface area contributed by atoms with E-state index in [2.05, 4.69) is 25.7 Å². The highest BCUT2D eigenvalue weighted by molar-refractivity contribution is 6.32. The Morgan fingerprint density at radius 2 is 2.19 bits per heavy atom. The van der Waals surface area contributed by atoms with Crippen LogP contribution in [0.15, 0.2) is 30.4 Å². The van der Waals surface area contributed by atoms with E-state index in [0.29, 0.717) is 22.7 Å². The van der Waals surface area contributed by atoms with Gasteiger partial charge in [0.2, 0.25) is 0 Å². The van der Waals surface area contributed by atoms with Gasteiger partial charge in [0.1, 0.15) is 12.0 Å². The number of aldehydes is 1. The van der Waals surface area contributed by atoms with E-state index in [0.717, 1.165) is 55.2 Å². The summed E-state index contributed by atoms with van der Waals surface area (Å²) in [5, 5.41) is 4.25. The molecule has 0 aromatic heterocycles. The number of ether oxygens (including phenoxy) is 1. The maximum Gasteiger partial charge on any atom is 0.144 e. The van der Waals surface area contributed by atoms with Gasteiger partial charge in [-0.15, -0.1) is 0 Å². The van der Waals surface area contributed by atoms with Gasteiger partial charge in [-0.2, -0.15) is 0 Å². The quantitative estimate of drug-likeness (QED) is 0.367. The smallest absolute Gasteiger partial charge is 0.144 e. The van der Waals surface area contributed by atoms with Crippen molar-refractivity contribution < 1.29 is 9.53 Å². The third kappa shape index (κ3) is 4.70. The predicted molar refractivity (Wildman–Crippen MR) is 110 cm³/mol. The van der Waals surface area contributed by atoms with Crippen molar-refractivity contribution in [1.82, 2.24) is 5.32 Å². The molecule has 0 spiro atoms. The first-order chi connectivity index (χ1) is 12.5. The minimum atomic E-state index is 0.300. The molecule has 0 saturated heterocycles. The van der Waals surface area contributed by atoms with Crippen LogP contribution >= 0.6 is 11.6 Å². The molecule has 1 aliphatic carbocycles. The molecule has 1 saturated carbocycles. The predicted octanol–water partition coefficient (Wildman–Crippen LogP) is 5.57. The van der Waals surface area contributed by atoms with Crippen molar-refractivity contribution in [1.29, 1.82) is 0 Å². The first kappa shape index (κ1) is 20.6. The Kier molecular flexibility index (Phi) is 7.77. The summed E-state index contributed by atoms with van der Waals surface area (Å²) in [4.78, 5) is 11.3. The van der Waals surface area contributed by atoms with E-state index in [1.807, 2.05) is 12.1 Å². The van der Waals surface area contributed by atoms with Crippen LogP contribution < -0.4 is 10.1 Å². The van der Waals surface area contributed by atoms with E-state index in [9.17, 15) is 4.79 Å². The van der Waals surface area contributed by atoms with E-state index < -0.39 is 0 Å². The largest absolute Gasteiger partial charge is 0.495 e. The molecule has 2 atom stereocenters. The van der Waals surface area contributed by atoms with Crippen molar-refractivity contribution in [2.24, 2.45) is 5.92 Å². The van der Waals surface area contributed by atoms with E-state index in [1.165, 1.54) is 12.0 Å². The molecule has 142 valence electrons. The van der Waals surface area contributed by atoms with Crippen LogP contribution in [0.2, 0.25) is 5.02 Å². The van der Waals surface area contributed by atoms with Gasteiger partial charge in [0.05, 0.1) is 12.1 Å². The molecule has 2 rings (SSSR count). The second kappa shape index (κ2) is 9.82. The molecule has 3 nitrogen and oxygen atoms in total.